The molecule has 1 heterocycles. The summed E-state index contributed by atoms with van der Waals surface area (Å²) in [4.78, 5) is 12.3. The average Bonchev–Trinajstić information content (AvgIpc) is 3.14. The summed E-state index contributed by atoms with van der Waals surface area (Å²) in [5.41, 5.74) is 6.20. The van der Waals surface area contributed by atoms with Crippen LogP contribution in [0.1, 0.15) is 35.5 Å². The first kappa shape index (κ1) is 20.1. The second-order valence-corrected chi connectivity index (χ2v) is 7.61. The van der Waals surface area contributed by atoms with E-state index in [4.69, 9.17) is 23.2 Å². The van der Waals surface area contributed by atoms with Crippen LogP contribution in [0.15, 0.2) is 53.6 Å². The van der Waals surface area contributed by atoms with E-state index in [2.05, 4.69) is 46.7 Å². The van der Waals surface area contributed by atoms with Crippen LogP contribution in [0.3, 0.4) is 0 Å². The molecule has 0 saturated heterocycles. The number of carbonyl (C=O) groups is 1. The van der Waals surface area contributed by atoms with E-state index in [1.807, 2.05) is 12.1 Å². The van der Waals surface area contributed by atoms with Crippen molar-refractivity contribution in [2.45, 2.75) is 20.3 Å². The molecule has 7 heteroatoms. The Morgan fingerprint density at radius 3 is 2.50 bits per heavy atom. The normalized spacial score (nSPS) is 11.3. The van der Waals surface area contributed by atoms with Crippen LogP contribution in [-0.4, -0.2) is 22.3 Å². The van der Waals surface area contributed by atoms with Gasteiger partial charge in [-0.1, -0.05) is 67.4 Å². The molecule has 0 aliphatic carbocycles. The van der Waals surface area contributed by atoms with Gasteiger partial charge in [0.25, 0.3) is 5.91 Å². The molecule has 3 rings (SSSR count). The van der Waals surface area contributed by atoms with E-state index in [1.165, 1.54) is 11.8 Å². The van der Waals surface area contributed by atoms with Gasteiger partial charge in [0.2, 0.25) is 0 Å². The molecule has 0 spiro atoms. The number of nitrogens with zero attached hydrogens (tertiary/aromatic N) is 2. The Hall–Kier alpha value is -2.63. The zero-order valence-corrected chi connectivity index (χ0v) is 17.1. The minimum Gasteiger partial charge on any atom is -0.272 e. The number of aromatic amines is 1. The quantitative estimate of drug-likeness (QED) is 0.421. The summed E-state index contributed by atoms with van der Waals surface area (Å²) in [7, 11) is 0. The van der Waals surface area contributed by atoms with E-state index in [0.29, 0.717) is 32.9 Å². The first-order valence-electron chi connectivity index (χ1n) is 8.86. The van der Waals surface area contributed by atoms with Gasteiger partial charge in [-0.2, -0.15) is 10.2 Å². The van der Waals surface area contributed by atoms with Crippen molar-refractivity contribution in [3.05, 3.63) is 75.4 Å². The molecule has 28 heavy (non-hydrogen) atoms. The van der Waals surface area contributed by atoms with Crippen molar-refractivity contribution in [1.82, 2.24) is 15.6 Å². The predicted molar refractivity (Wildman–Crippen MR) is 114 cm³/mol. The van der Waals surface area contributed by atoms with Crippen LogP contribution in [0.5, 0.6) is 0 Å². The van der Waals surface area contributed by atoms with Gasteiger partial charge in [0, 0.05) is 11.1 Å². The Morgan fingerprint density at radius 2 is 1.86 bits per heavy atom. The van der Waals surface area contributed by atoms with Crippen molar-refractivity contribution in [2.24, 2.45) is 11.0 Å². The molecular formula is C21H20Cl2N4O. The third-order valence-corrected chi connectivity index (χ3v) is 4.73. The lowest BCUT2D eigenvalue weighted by Crippen LogP contribution is -2.18. The topological polar surface area (TPSA) is 70.1 Å². The average molecular weight is 415 g/mol. The third-order valence-electron chi connectivity index (χ3n) is 4.08. The number of carbonyl (C=O) groups excluding carboxylic acids is 1. The number of nitrogens with one attached hydrogen (secondary N) is 2. The monoisotopic (exact) mass is 414 g/mol. The maximum absolute atomic E-state index is 12.3. The van der Waals surface area contributed by atoms with Crippen LogP contribution >= 0.6 is 23.2 Å². The van der Waals surface area contributed by atoms with E-state index in [0.717, 1.165) is 12.0 Å². The summed E-state index contributed by atoms with van der Waals surface area (Å²) in [6.07, 6.45) is 2.44. The van der Waals surface area contributed by atoms with Crippen molar-refractivity contribution in [3.8, 4) is 11.3 Å². The van der Waals surface area contributed by atoms with Crippen LogP contribution in [0, 0.1) is 5.92 Å². The zero-order chi connectivity index (χ0) is 20.1. The summed E-state index contributed by atoms with van der Waals surface area (Å²) in [5.74, 6) is 0.197. The highest BCUT2D eigenvalue weighted by molar-refractivity contribution is 6.38. The molecule has 0 aliphatic rings. The van der Waals surface area contributed by atoms with Crippen LogP contribution in [-0.2, 0) is 6.42 Å². The molecule has 0 fully saturated rings. The molecule has 144 valence electrons. The van der Waals surface area contributed by atoms with Crippen molar-refractivity contribution in [2.75, 3.05) is 0 Å². The maximum Gasteiger partial charge on any atom is 0.289 e. The second kappa shape index (κ2) is 9.04. The summed E-state index contributed by atoms with van der Waals surface area (Å²) >= 11 is 12.1. The van der Waals surface area contributed by atoms with E-state index >= 15 is 0 Å². The van der Waals surface area contributed by atoms with Gasteiger partial charge in [-0.3, -0.25) is 9.89 Å². The van der Waals surface area contributed by atoms with E-state index in [1.54, 1.807) is 24.3 Å². The molecule has 2 aromatic carbocycles. The molecule has 0 saturated carbocycles. The van der Waals surface area contributed by atoms with Gasteiger partial charge in [-0.25, -0.2) is 5.43 Å². The van der Waals surface area contributed by atoms with Crippen molar-refractivity contribution in [1.29, 1.82) is 0 Å². The molecule has 0 bridgehead atoms. The lowest BCUT2D eigenvalue weighted by Gasteiger charge is -2.05. The van der Waals surface area contributed by atoms with Crippen molar-refractivity contribution in [3.63, 3.8) is 0 Å². The number of aromatic nitrogens is 2. The first-order valence-corrected chi connectivity index (χ1v) is 9.61. The summed E-state index contributed by atoms with van der Waals surface area (Å²) in [6.45, 7) is 4.38. The Kier molecular flexibility index (Phi) is 6.49. The lowest BCUT2D eigenvalue weighted by atomic mass is 10.0. The van der Waals surface area contributed by atoms with Gasteiger partial charge in [-0.15, -0.1) is 0 Å². The Balaban J connectivity index is 1.66. The van der Waals surface area contributed by atoms with Gasteiger partial charge in [0.05, 0.1) is 22.0 Å². The standard InChI is InChI=1S/C21H20Cl2N4O/c1-13(2)10-14-6-8-15(9-7-14)19-11-20(26-25-19)21(28)27-24-12-16-17(22)4-3-5-18(16)23/h3-9,11-13H,10H2,1-2H3,(H,25,26)(H,27,28)/b24-12+. The SMILES string of the molecule is CC(C)Cc1ccc(-c2cc(C(=O)N/N=C/c3c(Cl)cccc3Cl)[nH]n2)cc1. The van der Waals surface area contributed by atoms with Crippen LogP contribution in [0.25, 0.3) is 11.3 Å². The smallest absolute Gasteiger partial charge is 0.272 e. The number of benzene rings is 2. The van der Waals surface area contributed by atoms with Gasteiger partial charge in [0.15, 0.2) is 0 Å². The van der Waals surface area contributed by atoms with Gasteiger partial charge in [0.1, 0.15) is 5.69 Å². The lowest BCUT2D eigenvalue weighted by molar-refractivity contribution is 0.0950. The van der Waals surface area contributed by atoms with Gasteiger partial charge < -0.3 is 0 Å². The summed E-state index contributed by atoms with van der Waals surface area (Å²) < 4.78 is 0. The van der Waals surface area contributed by atoms with Gasteiger partial charge in [-0.05, 0) is 36.1 Å². The minimum atomic E-state index is -0.408. The zero-order valence-electron chi connectivity index (χ0n) is 15.5. The fourth-order valence-corrected chi connectivity index (χ4v) is 3.21. The number of amides is 1. The van der Waals surface area contributed by atoms with E-state index in [-0.39, 0.29) is 0 Å². The van der Waals surface area contributed by atoms with E-state index in [9.17, 15) is 4.79 Å². The Morgan fingerprint density at radius 1 is 1.18 bits per heavy atom. The third kappa shape index (κ3) is 5.00. The highest BCUT2D eigenvalue weighted by Gasteiger charge is 2.11. The molecule has 1 amide bonds. The Bertz CT molecular complexity index is 974. The fraction of sp³-hybridized carbons (Fsp3) is 0.190. The number of halogens is 2. The summed E-state index contributed by atoms with van der Waals surface area (Å²) in [5, 5.41) is 11.8. The number of H-pyrrole nitrogens is 1. The minimum absolute atomic E-state index is 0.309. The van der Waals surface area contributed by atoms with Crippen molar-refractivity contribution < 1.29 is 4.79 Å². The molecular weight excluding hydrogens is 395 g/mol. The predicted octanol–water partition coefficient (Wildman–Crippen LogP) is 5.35. The number of rotatable bonds is 6. The largest absolute Gasteiger partial charge is 0.289 e. The van der Waals surface area contributed by atoms with Crippen LogP contribution in [0.4, 0.5) is 0 Å². The molecule has 0 unspecified atom stereocenters. The molecule has 2 N–H and O–H groups in total. The number of hydrogen-bond donors (Lipinski definition) is 2. The van der Waals surface area contributed by atoms with E-state index < -0.39 is 5.91 Å². The van der Waals surface area contributed by atoms with Crippen LogP contribution in [0.2, 0.25) is 10.0 Å². The highest BCUT2D eigenvalue weighted by Crippen LogP contribution is 2.22. The molecule has 0 atom stereocenters. The van der Waals surface area contributed by atoms with Crippen molar-refractivity contribution >= 4 is 35.3 Å². The molecule has 3 aromatic rings. The molecule has 0 aliphatic heterocycles. The maximum atomic E-state index is 12.3. The van der Waals surface area contributed by atoms with Crippen LogP contribution < -0.4 is 5.43 Å². The highest BCUT2D eigenvalue weighted by atomic mass is 35.5. The fourth-order valence-electron chi connectivity index (χ4n) is 2.72. The molecule has 1 aromatic heterocycles. The second-order valence-electron chi connectivity index (χ2n) is 6.80. The van der Waals surface area contributed by atoms with Gasteiger partial charge >= 0.3 is 0 Å². The summed E-state index contributed by atoms with van der Waals surface area (Å²) in [6, 6.07) is 15.0. The Labute approximate surface area is 173 Å². The number of hydrogen-bond acceptors (Lipinski definition) is 3. The first-order chi connectivity index (χ1) is 13.4. The molecule has 5 nitrogen and oxygen atoms in total. The molecule has 0 radical (unpaired) electrons. The number of hydrazone groups is 1.